The molecule has 1 aliphatic carbocycles. The summed E-state index contributed by atoms with van der Waals surface area (Å²) < 4.78 is 0. The quantitative estimate of drug-likeness (QED) is 0.850. The average Bonchev–Trinajstić information content (AvgIpc) is 2.33. The summed E-state index contributed by atoms with van der Waals surface area (Å²) in [7, 11) is 3.92. The fourth-order valence-electron chi connectivity index (χ4n) is 2.13. The summed E-state index contributed by atoms with van der Waals surface area (Å²) in [5.74, 6) is 0.464. The minimum Gasteiger partial charge on any atom is -0.378 e. The van der Waals surface area contributed by atoms with Crippen molar-refractivity contribution in [1.82, 2.24) is 5.32 Å². The van der Waals surface area contributed by atoms with E-state index in [1.807, 2.05) is 43.3 Å². The molecule has 1 aliphatic rings. The lowest BCUT2D eigenvalue weighted by molar-refractivity contribution is 0.0854. The third kappa shape index (κ3) is 2.61. The van der Waals surface area contributed by atoms with Crippen molar-refractivity contribution in [3.05, 3.63) is 29.8 Å². The van der Waals surface area contributed by atoms with Crippen LogP contribution in [0.25, 0.3) is 0 Å². The Labute approximate surface area is 113 Å². The van der Waals surface area contributed by atoms with Crippen LogP contribution in [-0.4, -0.2) is 31.4 Å². The SMILES string of the molecule is CN(C)c1cccc(C(=O)NC2(CCl)CCC2)c1. The summed E-state index contributed by atoms with van der Waals surface area (Å²) in [4.78, 5) is 14.2. The lowest BCUT2D eigenvalue weighted by Crippen LogP contribution is -2.55. The van der Waals surface area contributed by atoms with Gasteiger partial charge >= 0.3 is 0 Å². The van der Waals surface area contributed by atoms with Gasteiger partial charge in [-0.25, -0.2) is 0 Å². The molecule has 1 N–H and O–H groups in total. The maximum atomic E-state index is 12.2. The third-order valence-corrected chi connectivity index (χ3v) is 4.08. The minimum atomic E-state index is -0.174. The van der Waals surface area contributed by atoms with Gasteiger partial charge in [-0.3, -0.25) is 4.79 Å². The van der Waals surface area contributed by atoms with Gasteiger partial charge in [-0.15, -0.1) is 11.6 Å². The molecule has 0 unspecified atom stereocenters. The van der Waals surface area contributed by atoms with Gasteiger partial charge in [-0.2, -0.15) is 0 Å². The van der Waals surface area contributed by atoms with E-state index in [4.69, 9.17) is 11.6 Å². The molecule has 4 heteroatoms. The fraction of sp³-hybridized carbons (Fsp3) is 0.500. The molecular weight excluding hydrogens is 248 g/mol. The van der Waals surface area contributed by atoms with Crippen LogP contribution < -0.4 is 10.2 Å². The van der Waals surface area contributed by atoms with Crippen molar-refractivity contribution in [2.24, 2.45) is 0 Å². The number of carbonyl (C=O) groups excluding carboxylic acids is 1. The molecule has 1 saturated carbocycles. The van der Waals surface area contributed by atoms with Crippen molar-refractivity contribution in [2.45, 2.75) is 24.8 Å². The number of halogens is 1. The summed E-state index contributed by atoms with van der Waals surface area (Å²) >= 11 is 5.95. The van der Waals surface area contributed by atoms with Crippen molar-refractivity contribution >= 4 is 23.2 Å². The van der Waals surface area contributed by atoms with E-state index in [-0.39, 0.29) is 11.4 Å². The number of hydrogen-bond donors (Lipinski definition) is 1. The van der Waals surface area contributed by atoms with Gasteiger partial charge < -0.3 is 10.2 Å². The maximum absolute atomic E-state index is 12.2. The van der Waals surface area contributed by atoms with E-state index in [0.29, 0.717) is 11.4 Å². The number of amides is 1. The maximum Gasteiger partial charge on any atom is 0.251 e. The van der Waals surface area contributed by atoms with E-state index >= 15 is 0 Å². The minimum absolute atomic E-state index is 0.0287. The number of anilines is 1. The number of rotatable bonds is 4. The van der Waals surface area contributed by atoms with Gasteiger partial charge in [0.1, 0.15) is 0 Å². The van der Waals surface area contributed by atoms with Crippen molar-refractivity contribution in [3.8, 4) is 0 Å². The number of nitrogens with one attached hydrogen (secondary N) is 1. The van der Waals surface area contributed by atoms with E-state index in [2.05, 4.69) is 5.32 Å². The van der Waals surface area contributed by atoms with Crippen molar-refractivity contribution in [2.75, 3.05) is 24.9 Å². The van der Waals surface area contributed by atoms with E-state index in [1.54, 1.807) is 0 Å². The average molecular weight is 267 g/mol. The van der Waals surface area contributed by atoms with E-state index in [0.717, 1.165) is 24.9 Å². The molecule has 0 spiro atoms. The molecule has 0 bridgehead atoms. The van der Waals surface area contributed by atoms with Crippen LogP contribution in [0.15, 0.2) is 24.3 Å². The first-order valence-corrected chi connectivity index (χ1v) is 6.76. The lowest BCUT2D eigenvalue weighted by atomic mass is 9.78. The molecule has 98 valence electrons. The topological polar surface area (TPSA) is 32.3 Å². The molecule has 0 heterocycles. The van der Waals surface area contributed by atoms with Crippen molar-refractivity contribution in [3.63, 3.8) is 0 Å². The first kappa shape index (κ1) is 13.2. The zero-order valence-electron chi connectivity index (χ0n) is 10.9. The van der Waals surface area contributed by atoms with E-state index in [1.165, 1.54) is 0 Å². The van der Waals surface area contributed by atoms with Crippen LogP contribution in [0.2, 0.25) is 0 Å². The molecule has 1 fully saturated rings. The second-order valence-electron chi connectivity index (χ2n) is 5.17. The summed E-state index contributed by atoms with van der Waals surface area (Å²) in [5, 5.41) is 3.07. The fourth-order valence-corrected chi connectivity index (χ4v) is 2.47. The summed E-state index contributed by atoms with van der Waals surface area (Å²) in [5.41, 5.74) is 1.54. The first-order chi connectivity index (χ1) is 8.56. The second kappa shape index (κ2) is 5.19. The number of carbonyl (C=O) groups is 1. The number of alkyl halides is 1. The van der Waals surface area contributed by atoms with Gasteiger partial charge in [-0.1, -0.05) is 6.07 Å². The molecular formula is C14H19ClN2O. The van der Waals surface area contributed by atoms with E-state index < -0.39 is 0 Å². The number of hydrogen-bond acceptors (Lipinski definition) is 2. The largest absolute Gasteiger partial charge is 0.378 e. The van der Waals surface area contributed by atoms with Gasteiger partial charge in [0.05, 0.1) is 5.54 Å². The lowest BCUT2D eigenvalue weighted by Gasteiger charge is -2.41. The molecule has 0 aromatic heterocycles. The van der Waals surface area contributed by atoms with E-state index in [9.17, 15) is 4.79 Å². The van der Waals surface area contributed by atoms with Crippen LogP contribution in [0.4, 0.5) is 5.69 Å². The molecule has 1 amide bonds. The first-order valence-electron chi connectivity index (χ1n) is 6.22. The Hall–Kier alpha value is -1.22. The Bertz CT molecular complexity index is 436. The summed E-state index contributed by atoms with van der Waals surface area (Å²) in [6.45, 7) is 0. The Balaban J connectivity index is 2.11. The van der Waals surface area contributed by atoms with Crippen molar-refractivity contribution < 1.29 is 4.79 Å². The van der Waals surface area contributed by atoms with Crippen LogP contribution in [0.3, 0.4) is 0 Å². The molecule has 0 atom stereocenters. The zero-order valence-corrected chi connectivity index (χ0v) is 11.6. The molecule has 0 saturated heterocycles. The van der Waals surface area contributed by atoms with Gasteiger partial charge in [0.2, 0.25) is 0 Å². The number of nitrogens with zero attached hydrogens (tertiary/aromatic N) is 1. The van der Waals surface area contributed by atoms with Crippen LogP contribution >= 0.6 is 11.6 Å². The Morgan fingerprint density at radius 2 is 2.17 bits per heavy atom. The molecule has 1 aromatic rings. The van der Waals surface area contributed by atoms with Gasteiger partial charge in [-0.05, 0) is 37.5 Å². The molecule has 0 aliphatic heterocycles. The smallest absolute Gasteiger partial charge is 0.251 e. The van der Waals surface area contributed by atoms with Crippen LogP contribution in [-0.2, 0) is 0 Å². The highest BCUT2D eigenvalue weighted by Gasteiger charge is 2.37. The second-order valence-corrected chi connectivity index (χ2v) is 5.43. The Kier molecular flexibility index (Phi) is 3.81. The molecule has 18 heavy (non-hydrogen) atoms. The van der Waals surface area contributed by atoms with Crippen LogP contribution in [0.1, 0.15) is 29.6 Å². The molecule has 2 rings (SSSR count). The van der Waals surface area contributed by atoms with Crippen molar-refractivity contribution in [1.29, 1.82) is 0 Å². The summed E-state index contributed by atoms with van der Waals surface area (Å²) in [6, 6.07) is 7.62. The van der Waals surface area contributed by atoms with Gasteiger partial charge in [0.25, 0.3) is 5.91 Å². The zero-order chi connectivity index (χ0) is 13.2. The highest BCUT2D eigenvalue weighted by Crippen LogP contribution is 2.33. The highest BCUT2D eigenvalue weighted by molar-refractivity contribution is 6.19. The number of benzene rings is 1. The Morgan fingerprint density at radius 1 is 1.44 bits per heavy atom. The third-order valence-electron chi connectivity index (χ3n) is 3.57. The van der Waals surface area contributed by atoms with Gasteiger partial charge in [0.15, 0.2) is 0 Å². The van der Waals surface area contributed by atoms with Gasteiger partial charge in [0, 0.05) is 31.2 Å². The molecule has 3 nitrogen and oxygen atoms in total. The van der Waals surface area contributed by atoms with Crippen LogP contribution in [0, 0.1) is 0 Å². The molecule has 0 radical (unpaired) electrons. The normalized spacial score (nSPS) is 16.8. The molecule has 1 aromatic carbocycles. The van der Waals surface area contributed by atoms with Crippen LogP contribution in [0.5, 0.6) is 0 Å². The monoisotopic (exact) mass is 266 g/mol. The predicted molar refractivity (Wildman–Crippen MR) is 75.5 cm³/mol. The highest BCUT2D eigenvalue weighted by atomic mass is 35.5. The Morgan fingerprint density at radius 3 is 2.67 bits per heavy atom. The predicted octanol–water partition coefficient (Wildman–Crippen LogP) is 2.64. The standard InChI is InChI=1S/C14H19ClN2O/c1-17(2)12-6-3-5-11(9-12)13(18)16-14(10-15)7-4-8-14/h3,5-6,9H,4,7-8,10H2,1-2H3,(H,16,18). The summed E-state index contributed by atoms with van der Waals surface area (Å²) in [6.07, 6.45) is 3.11.